The van der Waals surface area contributed by atoms with Crippen LogP contribution in [0.4, 0.5) is 0 Å². The van der Waals surface area contributed by atoms with Crippen molar-refractivity contribution in [3.05, 3.63) is 69.2 Å². The second-order valence-electron chi connectivity index (χ2n) is 4.01. The Hall–Kier alpha value is -1.02. The van der Waals surface area contributed by atoms with Gasteiger partial charge in [-0.1, -0.05) is 53.5 Å². The average Bonchev–Trinajstić information content (AvgIpc) is 2.32. The van der Waals surface area contributed by atoms with Gasteiger partial charge in [-0.3, -0.25) is 0 Å². The Morgan fingerprint density at radius 1 is 1.00 bits per heavy atom. The van der Waals surface area contributed by atoms with Crippen LogP contribution in [-0.4, -0.2) is 0 Å². The Labute approximate surface area is 111 Å². The molecule has 0 radical (unpaired) electrons. The first kappa shape index (κ1) is 12.4. The first-order chi connectivity index (χ1) is 8.09. The van der Waals surface area contributed by atoms with Gasteiger partial charge in [0.25, 0.3) is 0 Å². The van der Waals surface area contributed by atoms with Gasteiger partial charge in [0.05, 0.1) is 16.1 Å². The van der Waals surface area contributed by atoms with Gasteiger partial charge < -0.3 is 5.73 Å². The van der Waals surface area contributed by atoms with Crippen molar-refractivity contribution >= 4 is 23.2 Å². The first-order valence-corrected chi connectivity index (χ1v) is 6.11. The predicted molar refractivity (Wildman–Crippen MR) is 73.7 cm³/mol. The zero-order valence-electron chi connectivity index (χ0n) is 9.45. The van der Waals surface area contributed by atoms with E-state index in [4.69, 9.17) is 28.9 Å². The molecule has 1 atom stereocenters. The van der Waals surface area contributed by atoms with E-state index in [9.17, 15) is 0 Å². The lowest BCUT2D eigenvalue weighted by molar-refractivity contribution is 0.862. The van der Waals surface area contributed by atoms with E-state index < -0.39 is 0 Å². The van der Waals surface area contributed by atoms with Crippen molar-refractivity contribution in [2.45, 2.75) is 13.0 Å². The number of aryl methyl sites for hydroxylation is 1. The molecule has 0 fully saturated rings. The van der Waals surface area contributed by atoms with Crippen LogP contribution >= 0.6 is 23.2 Å². The third-order valence-electron chi connectivity index (χ3n) is 2.83. The molecule has 88 valence electrons. The van der Waals surface area contributed by atoms with Gasteiger partial charge in [0.15, 0.2) is 0 Å². The van der Waals surface area contributed by atoms with E-state index in [1.807, 2.05) is 43.3 Å². The normalized spacial score (nSPS) is 12.5. The second-order valence-corrected chi connectivity index (χ2v) is 4.82. The van der Waals surface area contributed by atoms with Crippen molar-refractivity contribution in [2.24, 2.45) is 5.73 Å². The maximum Gasteiger partial charge on any atom is 0.0595 e. The Kier molecular flexibility index (Phi) is 3.72. The van der Waals surface area contributed by atoms with E-state index in [0.29, 0.717) is 10.0 Å². The van der Waals surface area contributed by atoms with E-state index >= 15 is 0 Å². The summed E-state index contributed by atoms with van der Waals surface area (Å²) in [5, 5.41) is 1.08. The second kappa shape index (κ2) is 5.09. The number of rotatable bonds is 2. The highest BCUT2D eigenvalue weighted by Gasteiger charge is 2.12. The van der Waals surface area contributed by atoms with Gasteiger partial charge in [0.1, 0.15) is 0 Å². The fourth-order valence-corrected chi connectivity index (χ4v) is 2.13. The molecule has 0 aromatic heterocycles. The molecule has 0 bridgehead atoms. The largest absolute Gasteiger partial charge is 0.320 e. The molecule has 3 heteroatoms. The first-order valence-electron chi connectivity index (χ1n) is 5.35. The van der Waals surface area contributed by atoms with Gasteiger partial charge in [-0.05, 0) is 35.7 Å². The molecule has 2 N–H and O–H groups in total. The van der Waals surface area contributed by atoms with Crippen LogP contribution in [0.2, 0.25) is 10.0 Å². The SMILES string of the molecule is Cc1ccccc1C(N)c1ccc(Cl)c(Cl)c1. The van der Waals surface area contributed by atoms with Crippen molar-refractivity contribution in [2.75, 3.05) is 0 Å². The molecule has 2 aromatic rings. The lowest BCUT2D eigenvalue weighted by Crippen LogP contribution is -2.13. The van der Waals surface area contributed by atoms with Gasteiger partial charge in [-0.15, -0.1) is 0 Å². The summed E-state index contributed by atoms with van der Waals surface area (Å²) in [4.78, 5) is 0. The summed E-state index contributed by atoms with van der Waals surface area (Å²) in [5.41, 5.74) is 9.48. The minimum absolute atomic E-state index is 0.175. The Morgan fingerprint density at radius 2 is 1.71 bits per heavy atom. The van der Waals surface area contributed by atoms with Crippen molar-refractivity contribution in [1.82, 2.24) is 0 Å². The lowest BCUT2D eigenvalue weighted by atomic mass is 9.96. The molecule has 2 aromatic carbocycles. The Morgan fingerprint density at radius 3 is 2.35 bits per heavy atom. The molecule has 1 unspecified atom stereocenters. The lowest BCUT2D eigenvalue weighted by Gasteiger charge is -2.15. The van der Waals surface area contributed by atoms with Gasteiger partial charge in [-0.25, -0.2) is 0 Å². The van der Waals surface area contributed by atoms with Crippen molar-refractivity contribution < 1.29 is 0 Å². The third kappa shape index (κ3) is 2.63. The summed E-state index contributed by atoms with van der Waals surface area (Å²) >= 11 is 11.9. The number of benzene rings is 2. The van der Waals surface area contributed by atoms with Gasteiger partial charge >= 0.3 is 0 Å². The number of nitrogens with two attached hydrogens (primary N) is 1. The highest BCUT2D eigenvalue weighted by molar-refractivity contribution is 6.42. The summed E-state index contributed by atoms with van der Waals surface area (Å²) in [6.45, 7) is 2.05. The van der Waals surface area contributed by atoms with Crippen LogP contribution in [0, 0.1) is 6.92 Å². The fourth-order valence-electron chi connectivity index (χ4n) is 1.82. The van der Waals surface area contributed by atoms with Gasteiger partial charge in [0.2, 0.25) is 0 Å². The fraction of sp³-hybridized carbons (Fsp3) is 0.143. The maximum absolute atomic E-state index is 6.23. The van der Waals surface area contributed by atoms with E-state index in [1.54, 1.807) is 6.07 Å². The molecule has 0 amide bonds. The maximum atomic E-state index is 6.23. The molecule has 1 nitrogen and oxygen atoms in total. The number of halogens is 2. The molecule has 0 spiro atoms. The molecule has 0 saturated heterocycles. The summed E-state index contributed by atoms with van der Waals surface area (Å²) < 4.78 is 0. The minimum Gasteiger partial charge on any atom is -0.320 e. The molecule has 17 heavy (non-hydrogen) atoms. The van der Waals surface area contributed by atoms with Crippen LogP contribution in [0.25, 0.3) is 0 Å². The van der Waals surface area contributed by atoms with Crippen LogP contribution in [0.5, 0.6) is 0 Å². The van der Waals surface area contributed by atoms with E-state index in [0.717, 1.165) is 11.1 Å². The van der Waals surface area contributed by atoms with Crippen LogP contribution < -0.4 is 5.73 Å². The minimum atomic E-state index is -0.175. The molecule has 0 aliphatic heterocycles. The molecular weight excluding hydrogens is 253 g/mol. The van der Waals surface area contributed by atoms with E-state index in [-0.39, 0.29) is 6.04 Å². The predicted octanol–water partition coefficient (Wildman–Crippen LogP) is 4.35. The van der Waals surface area contributed by atoms with Crippen LogP contribution in [0.15, 0.2) is 42.5 Å². The van der Waals surface area contributed by atoms with Crippen LogP contribution in [0.1, 0.15) is 22.7 Å². The Bertz CT molecular complexity index is 537. The molecule has 2 rings (SSSR count). The topological polar surface area (TPSA) is 26.0 Å². The molecular formula is C14H13Cl2N. The zero-order valence-corrected chi connectivity index (χ0v) is 11.0. The molecule has 0 heterocycles. The number of hydrogen-bond donors (Lipinski definition) is 1. The summed E-state index contributed by atoms with van der Waals surface area (Å²) in [7, 11) is 0. The summed E-state index contributed by atoms with van der Waals surface area (Å²) in [6.07, 6.45) is 0. The third-order valence-corrected chi connectivity index (χ3v) is 3.57. The quantitative estimate of drug-likeness (QED) is 0.859. The van der Waals surface area contributed by atoms with E-state index in [2.05, 4.69) is 0 Å². The van der Waals surface area contributed by atoms with Gasteiger partial charge in [0, 0.05) is 0 Å². The van der Waals surface area contributed by atoms with Crippen molar-refractivity contribution in [1.29, 1.82) is 0 Å². The zero-order chi connectivity index (χ0) is 12.4. The van der Waals surface area contributed by atoms with Crippen molar-refractivity contribution in [3.63, 3.8) is 0 Å². The van der Waals surface area contributed by atoms with Gasteiger partial charge in [-0.2, -0.15) is 0 Å². The number of hydrogen-bond acceptors (Lipinski definition) is 1. The molecule has 0 saturated carbocycles. The standard InChI is InChI=1S/C14H13Cl2N/c1-9-4-2-3-5-11(9)14(17)10-6-7-12(15)13(16)8-10/h2-8,14H,17H2,1H3. The van der Waals surface area contributed by atoms with E-state index in [1.165, 1.54) is 5.56 Å². The smallest absolute Gasteiger partial charge is 0.0595 e. The van der Waals surface area contributed by atoms with Crippen LogP contribution in [0.3, 0.4) is 0 Å². The summed E-state index contributed by atoms with van der Waals surface area (Å²) in [5.74, 6) is 0. The highest BCUT2D eigenvalue weighted by atomic mass is 35.5. The Balaban J connectivity index is 2.40. The van der Waals surface area contributed by atoms with Crippen molar-refractivity contribution in [3.8, 4) is 0 Å². The highest BCUT2D eigenvalue weighted by Crippen LogP contribution is 2.28. The summed E-state index contributed by atoms with van der Waals surface area (Å²) in [6, 6.07) is 13.4. The average molecular weight is 266 g/mol. The molecule has 0 aliphatic carbocycles. The monoisotopic (exact) mass is 265 g/mol. The van der Waals surface area contributed by atoms with Crippen LogP contribution in [-0.2, 0) is 0 Å². The molecule has 0 aliphatic rings.